The number of fused-ring (bicyclic) bond motifs is 3. The quantitative estimate of drug-likeness (QED) is 0.414. The molecule has 2 aromatic rings. The van der Waals surface area contributed by atoms with E-state index < -0.39 is 52.1 Å². The summed E-state index contributed by atoms with van der Waals surface area (Å²) in [6, 6.07) is 3.98. The fourth-order valence-corrected chi connectivity index (χ4v) is 4.23. The summed E-state index contributed by atoms with van der Waals surface area (Å²) in [5.41, 5.74) is -1.52. The van der Waals surface area contributed by atoms with Crippen LogP contribution in [0.2, 0.25) is 0 Å². The molecule has 0 aliphatic heterocycles. The van der Waals surface area contributed by atoms with Crippen molar-refractivity contribution < 1.29 is 35.1 Å². The summed E-state index contributed by atoms with van der Waals surface area (Å²) in [5.74, 6) is -3.62. The predicted octanol–water partition coefficient (Wildman–Crippen LogP) is 2.08. The lowest BCUT2D eigenvalue weighted by molar-refractivity contribution is 0.0333. The van der Waals surface area contributed by atoms with Crippen molar-refractivity contribution >= 4 is 11.6 Å². The fraction of sp³-hybridized carbons (Fsp3) is 0.300. The zero-order valence-corrected chi connectivity index (χ0v) is 14.4. The third kappa shape index (κ3) is 2.15. The zero-order valence-electron chi connectivity index (χ0n) is 14.4. The Labute approximate surface area is 154 Å². The monoisotopic (exact) mass is 370 g/mol. The third-order valence-corrected chi connectivity index (χ3v) is 5.62. The number of rotatable bonds is 1. The molecule has 2 aliphatic rings. The van der Waals surface area contributed by atoms with Gasteiger partial charge in [0, 0.05) is 16.7 Å². The molecule has 0 bridgehead atoms. The van der Waals surface area contributed by atoms with Gasteiger partial charge in [-0.2, -0.15) is 0 Å². The van der Waals surface area contributed by atoms with E-state index in [4.69, 9.17) is 0 Å². The SMILES string of the molecule is CC[C@H]1C[C@@H](O)c2c(O)c3c(c(O)c2[C@H]1O)C(=O)c1cccc(O)c1C3=O. The first-order chi connectivity index (χ1) is 12.8. The minimum absolute atomic E-state index is 0.0972. The van der Waals surface area contributed by atoms with Crippen LogP contribution in [0.3, 0.4) is 0 Å². The van der Waals surface area contributed by atoms with Crippen molar-refractivity contribution in [1.29, 1.82) is 0 Å². The Morgan fingerprint density at radius 2 is 1.56 bits per heavy atom. The molecule has 0 aromatic heterocycles. The van der Waals surface area contributed by atoms with Gasteiger partial charge in [0.05, 0.1) is 28.9 Å². The number of aliphatic hydroxyl groups excluding tert-OH is 2. The highest BCUT2D eigenvalue weighted by Gasteiger charge is 2.44. The van der Waals surface area contributed by atoms with Gasteiger partial charge < -0.3 is 25.5 Å². The third-order valence-electron chi connectivity index (χ3n) is 5.62. The number of carbonyl (C=O) groups excluding carboxylic acids is 2. The number of hydrogen-bond donors (Lipinski definition) is 5. The smallest absolute Gasteiger partial charge is 0.202 e. The van der Waals surface area contributed by atoms with Gasteiger partial charge in [-0.15, -0.1) is 0 Å². The van der Waals surface area contributed by atoms with Crippen LogP contribution in [0.25, 0.3) is 0 Å². The summed E-state index contributed by atoms with van der Waals surface area (Å²) in [6.45, 7) is 1.81. The highest BCUT2D eigenvalue weighted by atomic mass is 16.3. The van der Waals surface area contributed by atoms with Crippen LogP contribution in [0.4, 0.5) is 0 Å². The lowest BCUT2D eigenvalue weighted by Gasteiger charge is -2.35. The molecule has 140 valence electrons. The normalized spacial score (nSPS) is 23.6. The molecule has 7 nitrogen and oxygen atoms in total. The predicted molar refractivity (Wildman–Crippen MR) is 93.1 cm³/mol. The van der Waals surface area contributed by atoms with Crippen molar-refractivity contribution in [2.24, 2.45) is 5.92 Å². The Morgan fingerprint density at radius 1 is 0.926 bits per heavy atom. The van der Waals surface area contributed by atoms with Gasteiger partial charge in [0.2, 0.25) is 5.78 Å². The Morgan fingerprint density at radius 3 is 2.22 bits per heavy atom. The van der Waals surface area contributed by atoms with E-state index >= 15 is 0 Å². The lowest BCUT2D eigenvalue weighted by Crippen LogP contribution is -2.28. The first-order valence-electron chi connectivity index (χ1n) is 8.68. The Kier molecular flexibility index (Phi) is 3.76. The first kappa shape index (κ1) is 17.5. The van der Waals surface area contributed by atoms with Gasteiger partial charge in [-0.1, -0.05) is 25.5 Å². The summed E-state index contributed by atoms with van der Waals surface area (Å²) < 4.78 is 0. The van der Waals surface area contributed by atoms with E-state index in [9.17, 15) is 35.1 Å². The molecule has 0 amide bonds. The molecule has 2 aliphatic carbocycles. The Balaban J connectivity index is 2.08. The molecule has 7 heteroatoms. The summed E-state index contributed by atoms with van der Waals surface area (Å²) in [5, 5.41) is 52.6. The van der Waals surface area contributed by atoms with Crippen LogP contribution in [0, 0.1) is 5.92 Å². The molecule has 0 unspecified atom stereocenters. The molecular formula is C20H18O7. The van der Waals surface area contributed by atoms with Crippen LogP contribution in [-0.4, -0.2) is 37.1 Å². The number of carbonyl (C=O) groups is 2. The maximum Gasteiger partial charge on any atom is 0.202 e. The standard InChI is InChI=1S/C20H18O7/c1-2-7-6-10(22)12-13(16(7)23)20(27)14-15(19(12)26)18(25)11-8(17(14)24)4-3-5-9(11)21/h3-5,7,10,16,21-23,26-27H,2,6H2,1H3/t7-,10+,16-/m0/s1. The highest BCUT2D eigenvalue weighted by molar-refractivity contribution is 6.31. The summed E-state index contributed by atoms with van der Waals surface area (Å²) >= 11 is 0. The molecule has 0 saturated carbocycles. The number of ketones is 2. The first-order valence-corrected chi connectivity index (χ1v) is 8.68. The van der Waals surface area contributed by atoms with Crippen molar-refractivity contribution in [3.63, 3.8) is 0 Å². The van der Waals surface area contributed by atoms with Crippen LogP contribution < -0.4 is 0 Å². The molecule has 0 heterocycles. The van der Waals surface area contributed by atoms with E-state index in [1.807, 2.05) is 6.92 Å². The van der Waals surface area contributed by atoms with Crippen molar-refractivity contribution in [3.8, 4) is 17.2 Å². The topological polar surface area (TPSA) is 135 Å². The molecule has 2 aromatic carbocycles. The maximum absolute atomic E-state index is 12.9. The highest BCUT2D eigenvalue weighted by Crippen LogP contribution is 2.53. The van der Waals surface area contributed by atoms with Gasteiger partial charge in [-0.3, -0.25) is 9.59 Å². The van der Waals surface area contributed by atoms with Crippen molar-refractivity contribution in [2.45, 2.75) is 32.0 Å². The maximum atomic E-state index is 12.9. The Bertz CT molecular complexity index is 1010. The number of aliphatic hydroxyl groups is 2. The van der Waals surface area contributed by atoms with E-state index in [0.717, 1.165) is 0 Å². The van der Waals surface area contributed by atoms with Gasteiger partial charge in [-0.25, -0.2) is 0 Å². The van der Waals surface area contributed by atoms with Gasteiger partial charge in [0.1, 0.15) is 17.2 Å². The molecule has 0 spiro atoms. The molecule has 0 fully saturated rings. The average Bonchev–Trinajstić information content (AvgIpc) is 2.63. The minimum Gasteiger partial charge on any atom is -0.507 e. The second-order valence-corrected chi connectivity index (χ2v) is 7.00. The van der Waals surface area contributed by atoms with Gasteiger partial charge in [0.15, 0.2) is 5.78 Å². The molecule has 5 N–H and O–H groups in total. The Hall–Kier alpha value is -2.90. The second-order valence-electron chi connectivity index (χ2n) is 7.00. The van der Waals surface area contributed by atoms with Gasteiger partial charge >= 0.3 is 0 Å². The lowest BCUT2D eigenvalue weighted by atomic mass is 9.73. The molecule has 27 heavy (non-hydrogen) atoms. The summed E-state index contributed by atoms with van der Waals surface area (Å²) in [4.78, 5) is 25.8. The number of phenolic OH excluding ortho intramolecular Hbond substituents is 3. The summed E-state index contributed by atoms with van der Waals surface area (Å²) in [7, 11) is 0. The average molecular weight is 370 g/mol. The number of benzene rings is 2. The largest absolute Gasteiger partial charge is 0.507 e. The van der Waals surface area contributed by atoms with Crippen molar-refractivity contribution in [2.75, 3.05) is 0 Å². The zero-order chi connectivity index (χ0) is 19.6. The van der Waals surface area contributed by atoms with E-state index in [0.29, 0.717) is 6.42 Å². The van der Waals surface area contributed by atoms with Gasteiger partial charge in [0.25, 0.3) is 0 Å². The molecule has 0 saturated heterocycles. The van der Waals surface area contributed by atoms with Crippen LogP contribution >= 0.6 is 0 Å². The molecular weight excluding hydrogens is 352 g/mol. The molecule has 4 rings (SSSR count). The van der Waals surface area contributed by atoms with Crippen molar-refractivity contribution in [3.05, 3.63) is 51.6 Å². The number of phenols is 3. The minimum atomic E-state index is -1.21. The second kappa shape index (κ2) is 5.80. The molecule has 3 atom stereocenters. The van der Waals surface area contributed by atoms with Crippen LogP contribution in [0.1, 0.15) is 74.9 Å². The van der Waals surface area contributed by atoms with E-state index in [1.165, 1.54) is 18.2 Å². The number of hydrogen-bond acceptors (Lipinski definition) is 7. The molecule has 0 radical (unpaired) electrons. The van der Waals surface area contributed by atoms with E-state index in [1.54, 1.807) is 0 Å². The van der Waals surface area contributed by atoms with Crippen LogP contribution in [0.5, 0.6) is 17.2 Å². The fourth-order valence-electron chi connectivity index (χ4n) is 4.23. The van der Waals surface area contributed by atoms with E-state index in [2.05, 4.69) is 0 Å². The van der Waals surface area contributed by atoms with E-state index in [-0.39, 0.29) is 34.6 Å². The van der Waals surface area contributed by atoms with Crippen molar-refractivity contribution in [1.82, 2.24) is 0 Å². The van der Waals surface area contributed by atoms with Crippen LogP contribution in [-0.2, 0) is 0 Å². The van der Waals surface area contributed by atoms with Crippen LogP contribution in [0.15, 0.2) is 18.2 Å². The summed E-state index contributed by atoms with van der Waals surface area (Å²) in [6.07, 6.45) is -1.75. The number of aromatic hydroxyl groups is 3. The van der Waals surface area contributed by atoms with Gasteiger partial charge in [-0.05, 0) is 18.4 Å².